The monoisotopic (exact) mass is 303 g/mol. The van der Waals surface area contributed by atoms with Crippen molar-refractivity contribution in [1.82, 2.24) is 5.32 Å². The lowest BCUT2D eigenvalue weighted by molar-refractivity contribution is -0.122. The van der Waals surface area contributed by atoms with Crippen molar-refractivity contribution < 1.29 is 23.8 Å². The molecule has 0 fully saturated rings. The molecule has 6 heteroatoms. The third kappa shape index (κ3) is 3.66. The minimum Gasteiger partial charge on any atom is -0.497 e. The molecule has 22 heavy (non-hydrogen) atoms. The van der Waals surface area contributed by atoms with Crippen molar-refractivity contribution in [2.75, 3.05) is 7.11 Å². The van der Waals surface area contributed by atoms with Gasteiger partial charge in [0.1, 0.15) is 11.5 Å². The Hall–Kier alpha value is -2.76. The number of carbonyl (C=O) groups excluding carboxylic acids is 1. The smallest absolute Gasteiger partial charge is 0.371 e. The molecule has 0 bridgehead atoms. The molecule has 2 rings (SSSR count). The summed E-state index contributed by atoms with van der Waals surface area (Å²) in [5, 5.41) is 11.5. The average Bonchev–Trinajstić information content (AvgIpc) is 3.01. The number of hydrogen-bond acceptors (Lipinski definition) is 4. The van der Waals surface area contributed by atoms with Crippen molar-refractivity contribution in [3.63, 3.8) is 0 Å². The second-order valence-electron chi connectivity index (χ2n) is 4.78. The van der Waals surface area contributed by atoms with Crippen molar-refractivity contribution in [1.29, 1.82) is 0 Å². The van der Waals surface area contributed by atoms with Gasteiger partial charge in [-0.2, -0.15) is 0 Å². The highest BCUT2D eigenvalue weighted by Gasteiger charge is 2.16. The number of nitrogens with one attached hydrogen (secondary N) is 1. The molecule has 6 nitrogen and oxygen atoms in total. The molecule has 0 saturated carbocycles. The predicted molar refractivity (Wildman–Crippen MR) is 78.9 cm³/mol. The topological polar surface area (TPSA) is 88.8 Å². The minimum atomic E-state index is -1.14. The first kappa shape index (κ1) is 15.6. The van der Waals surface area contributed by atoms with Crippen LogP contribution < -0.4 is 10.1 Å². The van der Waals surface area contributed by atoms with Gasteiger partial charge in [-0.1, -0.05) is 12.1 Å². The number of furan rings is 1. The van der Waals surface area contributed by atoms with Crippen LogP contribution in [-0.2, 0) is 11.3 Å². The molecule has 1 amide bonds. The quantitative estimate of drug-likeness (QED) is 0.855. The van der Waals surface area contributed by atoms with E-state index in [1.54, 1.807) is 26.2 Å². The predicted octanol–water partition coefficient (Wildman–Crippen LogP) is 2.41. The summed E-state index contributed by atoms with van der Waals surface area (Å²) in [6.07, 6.45) is 0. The summed E-state index contributed by atoms with van der Waals surface area (Å²) < 4.78 is 10.2. The van der Waals surface area contributed by atoms with E-state index in [4.69, 9.17) is 14.3 Å². The number of carbonyl (C=O) groups is 2. The summed E-state index contributed by atoms with van der Waals surface area (Å²) in [6, 6.07) is 10.1. The Kier molecular flexibility index (Phi) is 4.83. The number of amides is 1. The number of carboxylic acid groups (broad SMARTS) is 1. The zero-order valence-electron chi connectivity index (χ0n) is 12.3. The Bertz CT molecular complexity index is 659. The molecule has 0 radical (unpaired) electrons. The third-order valence-electron chi connectivity index (χ3n) is 3.32. The van der Waals surface area contributed by atoms with Crippen LogP contribution in [0, 0.1) is 0 Å². The van der Waals surface area contributed by atoms with Crippen LogP contribution in [0.2, 0.25) is 0 Å². The second-order valence-corrected chi connectivity index (χ2v) is 4.78. The Morgan fingerprint density at radius 2 is 1.91 bits per heavy atom. The van der Waals surface area contributed by atoms with E-state index in [0.29, 0.717) is 5.76 Å². The molecule has 0 unspecified atom stereocenters. The van der Waals surface area contributed by atoms with E-state index in [0.717, 1.165) is 11.3 Å². The van der Waals surface area contributed by atoms with Crippen molar-refractivity contribution in [3.8, 4) is 5.75 Å². The van der Waals surface area contributed by atoms with Crippen LogP contribution in [-0.4, -0.2) is 24.1 Å². The van der Waals surface area contributed by atoms with E-state index < -0.39 is 5.97 Å². The van der Waals surface area contributed by atoms with Gasteiger partial charge in [0.05, 0.1) is 19.6 Å². The van der Waals surface area contributed by atoms with Crippen LogP contribution in [0.3, 0.4) is 0 Å². The van der Waals surface area contributed by atoms with Crippen LogP contribution in [0.4, 0.5) is 0 Å². The van der Waals surface area contributed by atoms with Gasteiger partial charge in [-0.05, 0) is 36.8 Å². The van der Waals surface area contributed by atoms with Gasteiger partial charge >= 0.3 is 5.97 Å². The summed E-state index contributed by atoms with van der Waals surface area (Å²) in [7, 11) is 1.58. The summed E-state index contributed by atoms with van der Waals surface area (Å²) >= 11 is 0. The van der Waals surface area contributed by atoms with Gasteiger partial charge in [0.2, 0.25) is 11.7 Å². The van der Waals surface area contributed by atoms with Gasteiger partial charge in [-0.25, -0.2) is 4.79 Å². The number of carboxylic acids is 1. The first-order valence-electron chi connectivity index (χ1n) is 6.75. The molecule has 0 saturated heterocycles. The normalized spacial score (nSPS) is 11.7. The van der Waals surface area contributed by atoms with Gasteiger partial charge in [0.15, 0.2) is 0 Å². The number of benzene rings is 1. The first-order valence-corrected chi connectivity index (χ1v) is 6.75. The van der Waals surface area contributed by atoms with Gasteiger partial charge in [0.25, 0.3) is 0 Å². The van der Waals surface area contributed by atoms with Crippen LogP contribution in [0.25, 0.3) is 0 Å². The molecule has 1 aromatic carbocycles. The van der Waals surface area contributed by atoms with E-state index in [9.17, 15) is 9.59 Å². The summed E-state index contributed by atoms with van der Waals surface area (Å²) in [4.78, 5) is 22.8. The molecule has 1 aromatic heterocycles. The van der Waals surface area contributed by atoms with Crippen molar-refractivity contribution >= 4 is 11.9 Å². The fourth-order valence-electron chi connectivity index (χ4n) is 1.96. The van der Waals surface area contributed by atoms with E-state index in [-0.39, 0.29) is 24.1 Å². The lowest BCUT2D eigenvalue weighted by atomic mass is 10.0. The summed E-state index contributed by atoms with van der Waals surface area (Å²) in [5.41, 5.74) is 0.865. The number of methoxy groups -OCH3 is 1. The fourth-order valence-corrected chi connectivity index (χ4v) is 1.96. The molecule has 0 aliphatic rings. The van der Waals surface area contributed by atoms with E-state index >= 15 is 0 Å². The highest BCUT2D eigenvalue weighted by molar-refractivity contribution is 5.84. The molecule has 2 aromatic rings. The van der Waals surface area contributed by atoms with E-state index in [1.807, 2.05) is 12.1 Å². The molecular formula is C16H17NO5. The second kappa shape index (κ2) is 6.80. The largest absolute Gasteiger partial charge is 0.497 e. The SMILES string of the molecule is COc1ccc([C@@H](C)C(=O)NCc2ccc(C(=O)O)o2)cc1. The van der Waals surface area contributed by atoms with Crippen molar-refractivity contribution in [3.05, 3.63) is 53.5 Å². The maximum Gasteiger partial charge on any atom is 0.371 e. The number of rotatable bonds is 6. The Morgan fingerprint density at radius 3 is 2.45 bits per heavy atom. The highest BCUT2D eigenvalue weighted by Crippen LogP contribution is 2.19. The van der Waals surface area contributed by atoms with Crippen LogP contribution in [0.5, 0.6) is 5.75 Å². The first-order chi connectivity index (χ1) is 10.5. The zero-order valence-corrected chi connectivity index (χ0v) is 12.3. The molecule has 1 atom stereocenters. The molecule has 1 heterocycles. The van der Waals surface area contributed by atoms with Crippen molar-refractivity contribution in [2.45, 2.75) is 19.4 Å². The fraction of sp³-hybridized carbons (Fsp3) is 0.250. The standard InChI is InChI=1S/C16H17NO5/c1-10(11-3-5-12(21-2)6-4-11)15(18)17-9-13-7-8-14(22-13)16(19)20/h3-8,10H,9H2,1-2H3,(H,17,18)(H,19,20)/t10-/m1/s1. The Labute approximate surface area is 127 Å². The average molecular weight is 303 g/mol. The Balaban J connectivity index is 1.94. The number of aromatic carboxylic acids is 1. The minimum absolute atomic E-state index is 0.145. The zero-order chi connectivity index (χ0) is 16.1. The van der Waals surface area contributed by atoms with Crippen molar-refractivity contribution in [2.24, 2.45) is 0 Å². The molecular weight excluding hydrogens is 286 g/mol. The van der Waals surface area contributed by atoms with Crippen LogP contribution >= 0.6 is 0 Å². The van der Waals surface area contributed by atoms with Crippen LogP contribution in [0.1, 0.15) is 34.7 Å². The van der Waals surface area contributed by atoms with Gasteiger partial charge < -0.3 is 19.6 Å². The molecule has 0 aliphatic heterocycles. The summed E-state index contributed by atoms with van der Waals surface area (Å²) in [5.74, 6) is -0.657. The van der Waals surface area contributed by atoms with Crippen LogP contribution in [0.15, 0.2) is 40.8 Å². The number of hydrogen-bond donors (Lipinski definition) is 2. The maximum atomic E-state index is 12.1. The van der Waals surface area contributed by atoms with E-state index in [1.165, 1.54) is 12.1 Å². The van der Waals surface area contributed by atoms with E-state index in [2.05, 4.69) is 5.32 Å². The highest BCUT2D eigenvalue weighted by atomic mass is 16.5. The van der Waals surface area contributed by atoms with Gasteiger partial charge in [-0.3, -0.25) is 4.79 Å². The molecule has 116 valence electrons. The summed E-state index contributed by atoms with van der Waals surface area (Å²) in [6.45, 7) is 1.94. The lowest BCUT2D eigenvalue weighted by Gasteiger charge is -2.12. The van der Waals surface area contributed by atoms with Gasteiger partial charge in [0, 0.05) is 0 Å². The molecule has 2 N–H and O–H groups in total. The Morgan fingerprint density at radius 1 is 1.23 bits per heavy atom. The molecule has 0 aliphatic carbocycles. The van der Waals surface area contributed by atoms with Gasteiger partial charge in [-0.15, -0.1) is 0 Å². The lowest BCUT2D eigenvalue weighted by Crippen LogP contribution is -2.27. The maximum absolute atomic E-state index is 12.1. The third-order valence-corrected chi connectivity index (χ3v) is 3.32. The molecule has 0 spiro atoms. The number of ether oxygens (including phenoxy) is 1.